The fraction of sp³-hybridized carbons (Fsp3) is 0.308. The summed E-state index contributed by atoms with van der Waals surface area (Å²) in [5, 5.41) is 3.08. The molecular weight excluding hydrogens is 315 g/mol. The molecule has 0 aliphatic rings. The summed E-state index contributed by atoms with van der Waals surface area (Å²) in [6.45, 7) is 1.97. The Bertz CT molecular complexity index is 542. The molecule has 96 valence electrons. The first-order chi connectivity index (χ1) is 8.54. The van der Waals surface area contributed by atoms with E-state index in [9.17, 15) is 4.39 Å². The third-order valence-corrected chi connectivity index (χ3v) is 4.18. The maximum absolute atomic E-state index is 13.1. The number of rotatable bonds is 4. The van der Waals surface area contributed by atoms with E-state index in [-0.39, 0.29) is 11.9 Å². The standard InChI is InChI=1S/C13H14BrFN2S/c1-8-7-18-13(17-8)6-10(16)4-9-2-3-12(15)11(14)5-9/h2-3,5,7,10H,4,6,16H2,1H3. The number of benzene rings is 1. The molecule has 0 saturated heterocycles. The van der Waals surface area contributed by atoms with Crippen LogP contribution in [0.2, 0.25) is 0 Å². The van der Waals surface area contributed by atoms with Crippen LogP contribution < -0.4 is 5.73 Å². The maximum atomic E-state index is 13.1. The molecule has 2 nitrogen and oxygen atoms in total. The molecule has 0 bridgehead atoms. The molecule has 1 aromatic heterocycles. The van der Waals surface area contributed by atoms with Gasteiger partial charge in [-0.15, -0.1) is 11.3 Å². The molecule has 1 atom stereocenters. The molecule has 18 heavy (non-hydrogen) atoms. The highest BCUT2D eigenvalue weighted by Crippen LogP contribution is 2.18. The Kier molecular flexibility index (Phi) is 4.48. The van der Waals surface area contributed by atoms with E-state index in [0.29, 0.717) is 4.47 Å². The third kappa shape index (κ3) is 3.60. The Morgan fingerprint density at radius 2 is 2.22 bits per heavy atom. The van der Waals surface area contributed by atoms with Crippen LogP contribution in [0.5, 0.6) is 0 Å². The highest BCUT2D eigenvalue weighted by atomic mass is 79.9. The second-order valence-electron chi connectivity index (χ2n) is 4.30. The van der Waals surface area contributed by atoms with Crippen molar-refractivity contribution < 1.29 is 4.39 Å². The summed E-state index contributed by atoms with van der Waals surface area (Å²) >= 11 is 4.81. The lowest BCUT2D eigenvalue weighted by molar-refractivity contribution is 0.616. The molecule has 0 aliphatic carbocycles. The molecule has 1 aromatic carbocycles. The van der Waals surface area contributed by atoms with Crippen LogP contribution in [-0.4, -0.2) is 11.0 Å². The monoisotopic (exact) mass is 328 g/mol. The minimum Gasteiger partial charge on any atom is -0.327 e. The minimum atomic E-state index is -0.247. The van der Waals surface area contributed by atoms with Gasteiger partial charge in [-0.25, -0.2) is 9.37 Å². The number of thiazole rings is 1. The predicted octanol–water partition coefficient (Wildman–Crippen LogP) is 3.47. The number of aryl methyl sites for hydroxylation is 1. The number of nitrogens with zero attached hydrogens (tertiary/aromatic N) is 1. The van der Waals surface area contributed by atoms with Crippen molar-refractivity contribution in [1.29, 1.82) is 0 Å². The normalized spacial score (nSPS) is 12.7. The van der Waals surface area contributed by atoms with Crippen LogP contribution >= 0.6 is 27.3 Å². The molecule has 2 aromatic rings. The van der Waals surface area contributed by atoms with Crippen molar-refractivity contribution in [3.8, 4) is 0 Å². The summed E-state index contributed by atoms with van der Waals surface area (Å²) in [7, 11) is 0. The van der Waals surface area contributed by atoms with Crippen molar-refractivity contribution in [1.82, 2.24) is 4.98 Å². The largest absolute Gasteiger partial charge is 0.327 e. The molecular formula is C13H14BrFN2S. The summed E-state index contributed by atoms with van der Waals surface area (Å²) in [4.78, 5) is 4.39. The molecule has 0 spiro atoms. The number of hydrogen-bond donors (Lipinski definition) is 1. The molecule has 0 fully saturated rings. The summed E-state index contributed by atoms with van der Waals surface area (Å²) in [5.41, 5.74) is 8.16. The molecule has 2 N–H and O–H groups in total. The van der Waals surface area contributed by atoms with E-state index >= 15 is 0 Å². The van der Waals surface area contributed by atoms with Crippen molar-refractivity contribution in [2.24, 2.45) is 5.73 Å². The van der Waals surface area contributed by atoms with Crippen LogP contribution in [-0.2, 0) is 12.8 Å². The number of aromatic nitrogens is 1. The smallest absolute Gasteiger partial charge is 0.137 e. The number of halogens is 2. The Hall–Kier alpha value is -0.780. The van der Waals surface area contributed by atoms with Crippen molar-refractivity contribution >= 4 is 27.3 Å². The Morgan fingerprint density at radius 1 is 1.44 bits per heavy atom. The lowest BCUT2D eigenvalue weighted by atomic mass is 10.0. The molecule has 0 amide bonds. The van der Waals surface area contributed by atoms with Gasteiger partial charge in [-0.2, -0.15) is 0 Å². The van der Waals surface area contributed by atoms with Crippen LogP contribution in [0.25, 0.3) is 0 Å². The Morgan fingerprint density at radius 3 is 2.83 bits per heavy atom. The first-order valence-electron chi connectivity index (χ1n) is 5.65. The molecule has 1 heterocycles. The van der Waals surface area contributed by atoms with Crippen LogP contribution in [0.4, 0.5) is 4.39 Å². The molecule has 2 rings (SSSR count). The van der Waals surface area contributed by atoms with E-state index in [1.165, 1.54) is 6.07 Å². The van der Waals surface area contributed by atoms with E-state index < -0.39 is 0 Å². The summed E-state index contributed by atoms with van der Waals surface area (Å²) < 4.78 is 13.6. The van der Waals surface area contributed by atoms with Gasteiger partial charge in [0.25, 0.3) is 0 Å². The summed E-state index contributed by atoms with van der Waals surface area (Å²) in [5.74, 6) is -0.247. The Labute approximate surface area is 118 Å². The van der Waals surface area contributed by atoms with E-state index in [1.807, 2.05) is 12.3 Å². The van der Waals surface area contributed by atoms with E-state index in [2.05, 4.69) is 20.9 Å². The first-order valence-corrected chi connectivity index (χ1v) is 7.32. The first kappa shape index (κ1) is 13.6. The second-order valence-corrected chi connectivity index (χ2v) is 6.10. The van der Waals surface area contributed by atoms with Gasteiger partial charge >= 0.3 is 0 Å². The van der Waals surface area contributed by atoms with Crippen molar-refractivity contribution in [2.75, 3.05) is 0 Å². The molecule has 5 heteroatoms. The lowest BCUT2D eigenvalue weighted by Crippen LogP contribution is -2.25. The molecule has 1 unspecified atom stereocenters. The van der Waals surface area contributed by atoms with Crippen molar-refractivity contribution in [3.05, 3.63) is 50.1 Å². The van der Waals surface area contributed by atoms with Crippen LogP contribution in [0.15, 0.2) is 28.1 Å². The van der Waals surface area contributed by atoms with Crippen molar-refractivity contribution in [3.63, 3.8) is 0 Å². The quantitative estimate of drug-likeness (QED) is 0.933. The second kappa shape index (κ2) is 5.91. The maximum Gasteiger partial charge on any atom is 0.137 e. The van der Waals surface area contributed by atoms with E-state index in [0.717, 1.165) is 29.1 Å². The fourth-order valence-electron chi connectivity index (χ4n) is 1.76. The van der Waals surface area contributed by atoms with Crippen LogP contribution in [0.3, 0.4) is 0 Å². The number of hydrogen-bond acceptors (Lipinski definition) is 3. The summed E-state index contributed by atoms with van der Waals surface area (Å²) in [6.07, 6.45) is 1.48. The highest BCUT2D eigenvalue weighted by molar-refractivity contribution is 9.10. The Balaban J connectivity index is 1.98. The minimum absolute atomic E-state index is 0.00733. The van der Waals surface area contributed by atoms with Crippen LogP contribution in [0.1, 0.15) is 16.3 Å². The average molecular weight is 329 g/mol. The van der Waals surface area contributed by atoms with E-state index in [4.69, 9.17) is 5.73 Å². The average Bonchev–Trinajstić information content (AvgIpc) is 2.69. The van der Waals surface area contributed by atoms with E-state index in [1.54, 1.807) is 23.5 Å². The molecule has 0 aliphatic heterocycles. The molecule has 0 saturated carbocycles. The van der Waals surface area contributed by atoms with Crippen LogP contribution in [0, 0.1) is 12.7 Å². The van der Waals surface area contributed by atoms with Gasteiger partial charge in [0.2, 0.25) is 0 Å². The summed E-state index contributed by atoms with van der Waals surface area (Å²) in [6, 6.07) is 5.02. The van der Waals surface area contributed by atoms with Gasteiger partial charge in [0, 0.05) is 23.5 Å². The van der Waals surface area contributed by atoms with Gasteiger partial charge in [-0.3, -0.25) is 0 Å². The van der Waals surface area contributed by atoms with Crippen molar-refractivity contribution in [2.45, 2.75) is 25.8 Å². The van der Waals surface area contributed by atoms with Gasteiger partial charge in [0.05, 0.1) is 9.48 Å². The van der Waals surface area contributed by atoms with Gasteiger partial charge in [-0.1, -0.05) is 6.07 Å². The van der Waals surface area contributed by atoms with Gasteiger partial charge in [-0.05, 0) is 47.0 Å². The third-order valence-electron chi connectivity index (χ3n) is 2.59. The zero-order valence-electron chi connectivity index (χ0n) is 9.99. The highest BCUT2D eigenvalue weighted by Gasteiger charge is 2.09. The predicted molar refractivity (Wildman–Crippen MR) is 76.3 cm³/mol. The zero-order chi connectivity index (χ0) is 13.1. The zero-order valence-corrected chi connectivity index (χ0v) is 12.4. The fourth-order valence-corrected chi connectivity index (χ4v) is 3.05. The van der Waals surface area contributed by atoms with Gasteiger partial charge in [0.15, 0.2) is 0 Å². The van der Waals surface area contributed by atoms with Gasteiger partial charge in [0.1, 0.15) is 5.82 Å². The topological polar surface area (TPSA) is 38.9 Å². The number of nitrogens with two attached hydrogens (primary N) is 1. The van der Waals surface area contributed by atoms with Gasteiger partial charge < -0.3 is 5.73 Å². The SMILES string of the molecule is Cc1csc(CC(N)Cc2ccc(F)c(Br)c2)n1. The lowest BCUT2D eigenvalue weighted by Gasteiger charge is -2.10. The molecule has 0 radical (unpaired) electrons.